The van der Waals surface area contributed by atoms with Crippen LogP contribution in [0.15, 0.2) is 42.5 Å². The minimum atomic E-state index is -3.82. The molecule has 0 bridgehead atoms. The first-order valence-electron chi connectivity index (χ1n) is 7.22. The Morgan fingerprint density at radius 3 is 2.38 bits per heavy atom. The van der Waals surface area contributed by atoms with E-state index in [1.54, 1.807) is 24.3 Å². The Morgan fingerprint density at radius 2 is 1.79 bits per heavy atom. The topological polar surface area (TPSA) is 69.7 Å². The summed E-state index contributed by atoms with van der Waals surface area (Å²) in [5.74, 6) is -0.560. The third-order valence-corrected chi connectivity index (χ3v) is 4.84. The van der Waals surface area contributed by atoms with E-state index in [2.05, 4.69) is 4.74 Å². The smallest absolute Gasteiger partial charge is 0.337 e. The minimum absolute atomic E-state index is 0.224. The van der Waals surface area contributed by atoms with Crippen LogP contribution in [0.1, 0.15) is 28.4 Å². The summed E-state index contributed by atoms with van der Waals surface area (Å²) >= 11 is 6.01. The van der Waals surface area contributed by atoms with Crippen molar-refractivity contribution in [3.63, 3.8) is 0 Å². The van der Waals surface area contributed by atoms with Gasteiger partial charge in [-0.25, -0.2) is 4.79 Å². The van der Waals surface area contributed by atoms with Gasteiger partial charge in [0.2, 0.25) is 0 Å². The van der Waals surface area contributed by atoms with Crippen molar-refractivity contribution in [1.82, 2.24) is 0 Å². The van der Waals surface area contributed by atoms with Gasteiger partial charge in [-0.05, 0) is 47.9 Å². The molecule has 0 fully saturated rings. The first-order chi connectivity index (χ1) is 11.3. The molecular weight excluding hydrogens is 352 g/mol. The Morgan fingerprint density at radius 1 is 1.12 bits per heavy atom. The molecule has 24 heavy (non-hydrogen) atoms. The summed E-state index contributed by atoms with van der Waals surface area (Å²) in [5, 5.41) is 0.570. The molecule has 5 nitrogen and oxygen atoms in total. The largest absolute Gasteiger partial charge is 0.465 e. The lowest BCUT2D eigenvalue weighted by atomic mass is 10.1. The van der Waals surface area contributed by atoms with Crippen molar-refractivity contribution in [3.05, 3.63) is 64.2 Å². The Kier molecular flexibility index (Phi) is 5.85. The third kappa shape index (κ3) is 4.72. The lowest BCUT2D eigenvalue weighted by molar-refractivity contribution is 0.0600. The summed E-state index contributed by atoms with van der Waals surface area (Å²) in [6, 6.07) is 10.8. The average molecular weight is 369 g/mol. The molecule has 2 rings (SSSR count). The second-order valence-electron chi connectivity index (χ2n) is 5.08. The van der Waals surface area contributed by atoms with Gasteiger partial charge >= 0.3 is 16.1 Å². The van der Waals surface area contributed by atoms with Gasteiger partial charge in [0.25, 0.3) is 0 Å². The Balaban J connectivity index is 2.12. The van der Waals surface area contributed by atoms with Gasteiger partial charge in [0.05, 0.1) is 12.7 Å². The first kappa shape index (κ1) is 18.3. The van der Waals surface area contributed by atoms with E-state index in [0.717, 1.165) is 5.56 Å². The van der Waals surface area contributed by atoms with E-state index >= 15 is 0 Å². The summed E-state index contributed by atoms with van der Waals surface area (Å²) < 4.78 is 34.1. The van der Waals surface area contributed by atoms with Gasteiger partial charge in [-0.3, -0.25) is 0 Å². The van der Waals surface area contributed by atoms with Gasteiger partial charge in [0.1, 0.15) is 11.5 Å². The SMILES string of the molecule is CCc1cc(OS(=O)(=O)Cc2ccc(C(=O)OC)cc2)ccc1Cl. The molecule has 0 aliphatic carbocycles. The molecule has 0 N–H and O–H groups in total. The van der Waals surface area contributed by atoms with Crippen molar-refractivity contribution in [3.8, 4) is 5.75 Å². The molecule has 0 aliphatic heterocycles. The zero-order valence-corrected chi connectivity index (χ0v) is 14.9. The molecule has 0 spiro atoms. The Labute approximate surface area is 146 Å². The maximum atomic E-state index is 12.2. The molecule has 0 aliphatic rings. The van der Waals surface area contributed by atoms with Crippen LogP contribution in [0.25, 0.3) is 0 Å². The normalized spacial score (nSPS) is 11.1. The highest BCUT2D eigenvalue weighted by Crippen LogP contribution is 2.24. The number of carbonyl (C=O) groups is 1. The van der Waals surface area contributed by atoms with Crippen molar-refractivity contribution < 1.29 is 22.1 Å². The molecule has 0 unspecified atom stereocenters. The predicted octanol–water partition coefficient (Wildman–Crippen LogP) is 3.60. The molecule has 0 atom stereocenters. The van der Waals surface area contributed by atoms with Crippen molar-refractivity contribution in [2.24, 2.45) is 0 Å². The van der Waals surface area contributed by atoms with Crippen LogP contribution in [-0.4, -0.2) is 21.5 Å². The van der Waals surface area contributed by atoms with Crippen LogP contribution in [0, 0.1) is 0 Å². The lowest BCUT2D eigenvalue weighted by Gasteiger charge is -2.09. The van der Waals surface area contributed by atoms with Gasteiger partial charge in [0, 0.05) is 5.02 Å². The highest BCUT2D eigenvalue weighted by atomic mass is 35.5. The summed E-state index contributed by atoms with van der Waals surface area (Å²) in [4.78, 5) is 11.4. The van der Waals surface area contributed by atoms with Gasteiger partial charge in [-0.2, -0.15) is 8.42 Å². The zero-order valence-electron chi connectivity index (χ0n) is 13.3. The van der Waals surface area contributed by atoms with Crippen LogP contribution in [0.5, 0.6) is 5.75 Å². The molecule has 0 radical (unpaired) electrons. The molecule has 2 aromatic rings. The van der Waals surface area contributed by atoms with Crippen LogP contribution in [-0.2, 0) is 27.0 Å². The number of hydrogen-bond donors (Lipinski definition) is 0. The minimum Gasteiger partial charge on any atom is -0.465 e. The highest BCUT2D eigenvalue weighted by molar-refractivity contribution is 7.86. The Hall–Kier alpha value is -2.05. The standard InChI is InChI=1S/C17H17ClO5S/c1-3-13-10-15(8-9-16(13)18)23-24(20,21)11-12-4-6-14(7-5-12)17(19)22-2/h4-10H,3,11H2,1-2H3. The Bertz CT molecular complexity index is 829. The monoisotopic (exact) mass is 368 g/mol. The summed E-state index contributed by atoms with van der Waals surface area (Å²) in [6.07, 6.45) is 0.672. The van der Waals surface area contributed by atoms with E-state index < -0.39 is 16.1 Å². The van der Waals surface area contributed by atoms with E-state index in [-0.39, 0.29) is 11.5 Å². The molecule has 0 heterocycles. The summed E-state index contributed by atoms with van der Waals surface area (Å²) in [7, 11) is -2.54. The number of halogens is 1. The van der Waals surface area contributed by atoms with E-state index in [1.165, 1.54) is 25.3 Å². The number of esters is 1. The molecule has 0 saturated heterocycles. The fourth-order valence-corrected chi connectivity index (χ4v) is 3.42. The first-order valence-corrected chi connectivity index (χ1v) is 9.18. The fourth-order valence-electron chi connectivity index (χ4n) is 2.11. The van der Waals surface area contributed by atoms with E-state index in [0.29, 0.717) is 22.6 Å². The number of aryl methyl sites for hydroxylation is 1. The molecule has 7 heteroatoms. The van der Waals surface area contributed by atoms with Crippen molar-refractivity contribution in [2.45, 2.75) is 19.1 Å². The molecule has 2 aromatic carbocycles. The number of benzene rings is 2. The van der Waals surface area contributed by atoms with Gasteiger partial charge < -0.3 is 8.92 Å². The zero-order chi connectivity index (χ0) is 17.7. The van der Waals surface area contributed by atoms with Gasteiger partial charge in [-0.15, -0.1) is 0 Å². The van der Waals surface area contributed by atoms with Crippen molar-refractivity contribution in [2.75, 3.05) is 7.11 Å². The number of methoxy groups -OCH3 is 1. The number of rotatable bonds is 6. The van der Waals surface area contributed by atoms with Crippen LogP contribution >= 0.6 is 11.6 Å². The maximum Gasteiger partial charge on any atom is 0.337 e. The van der Waals surface area contributed by atoms with E-state index in [1.807, 2.05) is 6.92 Å². The molecule has 0 amide bonds. The lowest BCUT2D eigenvalue weighted by Crippen LogP contribution is -2.12. The maximum absolute atomic E-state index is 12.2. The average Bonchev–Trinajstić information content (AvgIpc) is 2.56. The number of hydrogen-bond acceptors (Lipinski definition) is 5. The van der Waals surface area contributed by atoms with Crippen molar-refractivity contribution >= 4 is 27.7 Å². The highest BCUT2D eigenvalue weighted by Gasteiger charge is 2.16. The number of carbonyl (C=O) groups excluding carboxylic acids is 1. The van der Waals surface area contributed by atoms with Crippen LogP contribution in [0.2, 0.25) is 5.02 Å². The van der Waals surface area contributed by atoms with Crippen molar-refractivity contribution in [1.29, 1.82) is 0 Å². The van der Waals surface area contributed by atoms with E-state index in [9.17, 15) is 13.2 Å². The predicted molar refractivity (Wildman–Crippen MR) is 91.9 cm³/mol. The quantitative estimate of drug-likeness (QED) is 0.575. The van der Waals surface area contributed by atoms with Crippen LogP contribution < -0.4 is 4.18 Å². The molecule has 0 aromatic heterocycles. The summed E-state index contributed by atoms with van der Waals surface area (Å²) in [5.41, 5.74) is 1.67. The summed E-state index contributed by atoms with van der Waals surface area (Å²) in [6.45, 7) is 1.92. The molecular formula is C17H17ClO5S. The third-order valence-electron chi connectivity index (χ3n) is 3.34. The number of ether oxygens (including phenoxy) is 1. The van der Waals surface area contributed by atoms with Crippen LogP contribution in [0.4, 0.5) is 0 Å². The molecule has 128 valence electrons. The molecule has 0 saturated carbocycles. The fraction of sp³-hybridized carbons (Fsp3) is 0.235. The van der Waals surface area contributed by atoms with Gasteiger partial charge in [0.15, 0.2) is 0 Å². The second kappa shape index (κ2) is 7.68. The van der Waals surface area contributed by atoms with Crippen LogP contribution in [0.3, 0.4) is 0 Å². The van der Waals surface area contributed by atoms with Gasteiger partial charge in [-0.1, -0.05) is 30.7 Å². The van der Waals surface area contributed by atoms with E-state index in [4.69, 9.17) is 15.8 Å². The second-order valence-corrected chi connectivity index (χ2v) is 7.06.